The van der Waals surface area contributed by atoms with E-state index in [1.54, 1.807) is 0 Å². The number of carbonyl (C=O) groups excluding carboxylic acids is 2. The number of carbonyl (C=O) groups is 2. The van der Waals surface area contributed by atoms with Crippen molar-refractivity contribution in [3.05, 3.63) is 60.8 Å². The van der Waals surface area contributed by atoms with Crippen LogP contribution in [0.2, 0.25) is 0 Å². The number of unbranched alkanes of at least 4 members (excludes halogenated alkanes) is 18. The Balaban J connectivity index is 4.07. The van der Waals surface area contributed by atoms with Gasteiger partial charge in [0.15, 0.2) is 6.10 Å². The summed E-state index contributed by atoms with van der Waals surface area (Å²) >= 11 is 0. The molecule has 8 nitrogen and oxygen atoms in total. The second kappa shape index (κ2) is 40.4. The number of phosphoric acid groups is 1. The van der Waals surface area contributed by atoms with Crippen LogP contribution in [0.15, 0.2) is 60.8 Å². The molecule has 0 spiro atoms. The van der Waals surface area contributed by atoms with Crippen molar-refractivity contribution < 1.29 is 37.6 Å². The van der Waals surface area contributed by atoms with E-state index < -0.39 is 26.5 Å². The second-order valence-corrected chi connectivity index (χ2v) is 15.7. The van der Waals surface area contributed by atoms with Gasteiger partial charge in [0.1, 0.15) is 6.61 Å². The molecule has 0 saturated heterocycles. The molecule has 0 aliphatic carbocycles. The molecule has 2 atom stereocenters. The molecule has 1 N–H and O–H groups in total. The minimum absolute atomic E-state index is 0.225. The summed E-state index contributed by atoms with van der Waals surface area (Å²) in [6.45, 7) is 3.82. The highest BCUT2D eigenvalue weighted by Gasteiger charge is 2.24. The third kappa shape index (κ3) is 39.4. The van der Waals surface area contributed by atoms with Gasteiger partial charge in [-0.15, -0.1) is 0 Å². The van der Waals surface area contributed by atoms with E-state index in [2.05, 4.69) is 79.1 Å². The molecule has 0 aliphatic heterocycles. The molecular formula is C45H79O8P. The van der Waals surface area contributed by atoms with Crippen LogP contribution in [0.25, 0.3) is 0 Å². The molecule has 0 radical (unpaired) electrons. The Hall–Kier alpha value is -2.25. The fourth-order valence-corrected chi connectivity index (χ4v) is 6.10. The van der Waals surface area contributed by atoms with E-state index in [-0.39, 0.29) is 25.4 Å². The SMILES string of the molecule is CCCCC/C=C\C/C=C\C/C=C\CCCCCCCCC(=O)OC(COC(=O)CCCCCCC/C=C\C/C=C\CCCCCC)COP(=O)(O)OC. The number of esters is 2. The van der Waals surface area contributed by atoms with Crippen LogP contribution in [0.1, 0.15) is 187 Å². The summed E-state index contributed by atoms with van der Waals surface area (Å²) in [5, 5.41) is 0. The summed E-state index contributed by atoms with van der Waals surface area (Å²) in [5.74, 6) is -0.837. The van der Waals surface area contributed by atoms with Crippen LogP contribution in [0.4, 0.5) is 0 Å². The smallest absolute Gasteiger partial charge is 0.462 e. The Kier molecular flexibility index (Phi) is 38.7. The molecule has 0 rings (SSSR count). The van der Waals surface area contributed by atoms with Gasteiger partial charge in [0, 0.05) is 20.0 Å². The molecule has 0 heterocycles. The van der Waals surface area contributed by atoms with E-state index in [0.29, 0.717) is 6.42 Å². The van der Waals surface area contributed by atoms with Gasteiger partial charge < -0.3 is 14.4 Å². The Bertz CT molecular complexity index is 1060. The number of hydrogen-bond acceptors (Lipinski definition) is 7. The van der Waals surface area contributed by atoms with Crippen molar-refractivity contribution in [1.82, 2.24) is 0 Å². The lowest BCUT2D eigenvalue weighted by Crippen LogP contribution is -2.29. The van der Waals surface area contributed by atoms with Crippen molar-refractivity contribution in [2.75, 3.05) is 20.3 Å². The standard InChI is InChI=1S/C45H79O8P/c1-4-6-8-10-12-14-16-18-20-22-23-24-26-28-30-32-34-36-38-40-45(47)53-43(42-52-54(48,49)50-3)41-51-44(46)39-37-35-33-31-29-27-25-21-19-17-15-13-11-9-7-5-2/h12,14-15,17-18,20-21,23-25,43H,4-11,13,16,19,22,26-42H2,1-3H3,(H,48,49)/b14-12-,17-15-,20-18-,24-23-,25-21-. The first-order chi connectivity index (χ1) is 26.3. The fourth-order valence-electron chi connectivity index (χ4n) is 5.64. The van der Waals surface area contributed by atoms with E-state index in [4.69, 9.17) is 14.0 Å². The van der Waals surface area contributed by atoms with Crippen molar-refractivity contribution in [2.45, 2.75) is 193 Å². The van der Waals surface area contributed by atoms with Crippen LogP contribution >= 0.6 is 7.82 Å². The molecule has 312 valence electrons. The number of rotatable bonds is 39. The highest BCUT2D eigenvalue weighted by Crippen LogP contribution is 2.42. The molecule has 0 aromatic heterocycles. The zero-order valence-corrected chi connectivity index (χ0v) is 35.5. The fraction of sp³-hybridized carbons (Fsp3) is 0.733. The van der Waals surface area contributed by atoms with E-state index in [1.165, 1.54) is 57.8 Å². The van der Waals surface area contributed by atoms with Gasteiger partial charge in [-0.3, -0.25) is 18.6 Å². The lowest BCUT2D eigenvalue weighted by Gasteiger charge is -2.19. The van der Waals surface area contributed by atoms with Crippen LogP contribution in [0, 0.1) is 0 Å². The van der Waals surface area contributed by atoms with Gasteiger partial charge >= 0.3 is 19.8 Å². The molecule has 0 fully saturated rings. The maximum absolute atomic E-state index is 12.5. The summed E-state index contributed by atoms with van der Waals surface area (Å²) in [4.78, 5) is 34.5. The van der Waals surface area contributed by atoms with Crippen molar-refractivity contribution >= 4 is 19.8 Å². The van der Waals surface area contributed by atoms with Gasteiger partial charge in [0.05, 0.1) is 6.61 Å². The zero-order valence-electron chi connectivity index (χ0n) is 34.6. The van der Waals surface area contributed by atoms with Gasteiger partial charge in [-0.1, -0.05) is 152 Å². The third-order valence-corrected chi connectivity index (χ3v) is 9.92. The second-order valence-electron chi connectivity index (χ2n) is 14.1. The molecule has 9 heteroatoms. The van der Waals surface area contributed by atoms with Crippen LogP contribution in [0.5, 0.6) is 0 Å². The van der Waals surface area contributed by atoms with E-state index >= 15 is 0 Å². The van der Waals surface area contributed by atoms with Crippen LogP contribution < -0.4 is 0 Å². The molecule has 54 heavy (non-hydrogen) atoms. The van der Waals surface area contributed by atoms with E-state index in [1.807, 2.05) is 0 Å². The Morgan fingerprint density at radius 1 is 0.519 bits per heavy atom. The van der Waals surface area contributed by atoms with Crippen LogP contribution in [-0.4, -0.2) is 43.3 Å². The minimum Gasteiger partial charge on any atom is -0.462 e. The summed E-state index contributed by atoms with van der Waals surface area (Å²) in [5.41, 5.74) is 0. The number of hydrogen-bond donors (Lipinski definition) is 1. The maximum atomic E-state index is 12.5. The molecule has 0 bridgehead atoms. The largest absolute Gasteiger partial charge is 0.472 e. The normalized spacial score (nSPS) is 13.9. The molecular weight excluding hydrogens is 699 g/mol. The lowest BCUT2D eigenvalue weighted by molar-refractivity contribution is -0.161. The zero-order chi connectivity index (χ0) is 39.6. The quantitative estimate of drug-likeness (QED) is 0.0284. The summed E-state index contributed by atoms with van der Waals surface area (Å²) < 4.78 is 32.0. The summed E-state index contributed by atoms with van der Waals surface area (Å²) in [7, 11) is -3.22. The van der Waals surface area contributed by atoms with Crippen LogP contribution in [0.3, 0.4) is 0 Å². The Morgan fingerprint density at radius 3 is 1.35 bits per heavy atom. The van der Waals surface area contributed by atoms with Gasteiger partial charge in [0.25, 0.3) is 0 Å². The van der Waals surface area contributed by atoms with Gasteiger partial charge in [-0.2, -0.15) is 0 Å². The molecule has 0 amide bonds. The average Bonchev–Trinajstić information content (AvgIpc) is 3.16. The van der Waals surface area contributed by atoms with Gasteiger partial charge in [-0.05, 0) is 83.5 Å². The number of phosphoric ester groups is 1. The average molecular weight is 779 g/mol. The first kappa shape index (κ1) is 51.8. The van der Waals surface area contributed by atoms with Crippen molar-refractivity contribution in [2.24, 2.45) is 0 Å². The molecule has 0 saturated carbocycles. The van der Waals surface area contributed by atoms with Crippen molar-refractivity contribution in [3.63, 3.8) is 0 Å². The first-order valence-corrected chi connectivity index (χ1v) is 23.0. The number of ether oxygens (including phenoxy) is 2. The van der Waals surface area contributed by atoms with Crippen molar-refractivity contribution in [1.29, 1.82) is 0 Å². The highest BCUT2D eigenvalue weighted by molar-refractivity contribution is 7.47. The van der Waals surface area contributed by atoms with Crippen LogP contribution in [-0.2, 0) is 32.7 Å². The first-order valence-electron chi connectivity index (χ1n) is 21.5. The van der Waals surface area contributed by atoms with Crippen molar-refractivity contribution in [3.8, 4) is 0 Å². The number of allylic oxidation sites excluding steroid dienone is 10. The third-order valence-electron chi connectivity index (χ3n) is 8.98. The molecule has 0 aromatic carbocycles. The maximum Gasteiger partial charge on any atom is 0.472 e. The van der Waals surface area contributed by atoms with E-state index in [9.17, 15) is 19.0 Å². The monoisotopic (exact) mass is 779 g/mol. The summed E-state index contributed by atoms with van der Waals surface area (Å²) in [6, 6.07) is 0. The molecule has 0 aromatic rings. The molecule has 2 unspecified atom stereocenters. The Labute approximate surface area is 330 Å². The Morgan fingerprint density at radius 2 is 0.889 bits per heavy atom. The lowest BCUT2D eigenvalue weighted by atomic mass is 10.1. The topological polar surface area (TPSA) is 108 Å². The minimum atomic E-state index is -4.27. The van der Waals surface area contributed by atoms with Gasteiger partial charge in [0.2, 0.25) is 0 Å². The molecule has 0 aliphatic rings. The highest BCUT2D eigenvalue weighted by atomic mass is 31.2. The van der Waals surface area contributed by atoms with Gasteiger partial charge in [-0.25, -0.2) is 4.57 Å². The predicted molar refractivity (Wildman–Crippen MR) is 225 cm³/mol. The van der Waals surface area contributed by atoms with E-state index in [0.717, 1.165) is 103 Å². The predicted octanol–water partition coefficient (Wildman–Crippen LogP) is 13.6. The summed E-state index contributed by atoms with van der Waals surface area (Å²) in [6.07, 6.45) is 49.8.